The van der Waals surface area contributed by atoms with E-state index in [0.717, 1.165) is 17.8 Å². The molecule has 0 aliphatic heterocycles. The van der Waals surface area contributed by atoms with Gasteiger partial charge in [-0.05, 0) is 32.9 Å². The van der Waals surface area contributed by atoms with Crippen molar-refractivity contribution < 1.29 is 9.72 Å². The summed E-state index contributed by atoms with van der Waals surface area (Å²) in [6.07, 6.45) is 1.90. The minimum atomic E-state index is -0.459. The van der Waals surface area contributed by atoms with Crippen LogP contribution in [0, 0.1) is 24.0 Å². The lowest BCUT2D eigenvalue weighted by molar-refractivity contribution is -0.385. The van der Waals surface area contributed by atoms with Crippen molar-refractivity contribution in [2.24, 2.45) is 0 Å². The van der Waals surface area contributed by atoms with E-state index in [1.807, 2.05) is 24.7 Å². The molecule has 0 aliphatic carbocycles. The van der Waals surface area contributed by atoms with Gasteiger partial charge in [0.05, 0.1) is 10.6 Å². The van der Waals surface area contributed by atoms with Gasteiger partial charge in [-0.1, -0.05) is 0 Å². The van der Waals surface area contributed by atoms with Gasteiger partial charge in [-0.3, -0.25) is 19.6 Å². The summed E-state index contributed by atoms with van der Waals surface area (Å²) in [6.45, 7) is 6.65. The molecule has 2 rings (SSSR count). The zero-order chi connectivity index (χ0) is 16.3. The van der Waals surface area contributed by atoms with Crippen LogP contribution in [-0.4, -0.2) is 20.6 Å². The van der Waals surface area contributed by atoms with Crippen LogP contribution < -0.4 is 5.32 Å². The Morgan fingerprint density at radius 1 is 1.41 bits per heavy atom. The standard InChI is InChI=1S/C15H18N4O3/c1-4-18-9-13(11(3)17-18)8-16-15(20)12-5-6-14(19(21)22)10(2)7-12/h5-7,9H,4,8H2,1-3H3,(H,16,20). The second-order valence-corrected chi connectivity index (χ2v) is 5.04. The molecule has 7 heteroatoms. The third-order valence-electron chi connectivity index (χ3n) is 3.47. The van der Waals surface area contributed by atoms with Gasteiger partial charge in [0.2, 0.25) is 0 Å². The molecular formula is C15H18N4O3. The number of nitro benzene ring substituents is 1. The summed E-state index contributed by atoms with van der Waals surface area (Å²) in [6, 6.07) is 4.34. The number of aryl methyl sites for hydroxylation is 3. The van der Waals surface area contributed by atoms with Gasteiger partial charge in [-0.2, -0.15) is 5.10 Å². The summed E-state index contributed by atoms with van der Waals surface area (Å²) in [5.41, 5.74) is 2.71. The number of nitro groups is 1. The molecule has 7 nitrogen and oxygen atoms in total. The number of aromatic nitrogens is 2. The first-order chi connectivity index (χ1) is 10.4. The number of rotatable bonds is 5. The van der Waals surface area contributed by atoms with Gasteiger partial charge in [-0.15, -0.1) is 0 Å². The first-order valence-corrected chi connectivity index (χ1v) is 6.98. The number of nitrogens with zero attached hydrogens (tertiary/aromatic N) is 3. The lowest BCUT2D eigenvalue weighted by Gasteiger charge is -2.05. The van der Waals surface area contributed by atoms with Crippen LogP contribution in [0.3, 0.4) is 0 Å². The van der Waals surface area contributed by atoms with E-state index in [-0.39, 0.29) is 11.6 Å². The fraction of sp³-hybridized carbons (Fsp3) is 0.333. The third-order valence-corrected chi connectivity index (χ3v) is 3.47. The largest absolute Gasteiger partial charge is 0.348 e. The highest BCUT2D eigenvalue weighted by atomic mass is 16.6. The molecule has 1 heterocycles. The SMILES string of the molecule is CCn1cc(CNC(=O)c2ccc([N+](=O)[O-])c(C)c2)c(C)n1. The highest BCUT2D eigenvalue weighted by Gasteiger charge is 2.14. The second kappa shape index (κ2) is 6.38. The summed E-state index contributed by atoms with van der Waals surface area (Å²) in [5, 5.41) is 17.9. The summed E-state index contributed by atoms with van der Waals surface area (Å²) < 4.78 is 1.81. The molecule has 1 aromatic heterocycles. The van der Waals surface area contributed by atoms with Crippen molar-refractivity contribution in [1.29, 1.82) is 0 Å². The number of amides is 1. The second-order valence-electron chi connectivity index (χ2n) is 5.04. The molecule has 22 heavy (non-hydrogen) atoms. The van der Waals surface area contributed by atoms with Gasteiger partial charge in [0.1, 0.15) is 0 Å². The van der Waals surface area contributed by atoms with Crippen molar-refractivity contribution >= 4 is 11.6 Å². The molecule has 0 spiro atoms. The predicted molar refractivity (Wildman–Crippen MR) is 81.6 cm³/mol. The fourth-order valence-corrected chi connectivity index (χ4v) is 2.17. The lowest BCUT2D eigenvalue weighted by atomic mass is 10.1. The van der Waals surface area contributed by atoms with Gasteiger partial charge in [0.25, 0.3) is 11.6 Å². The van der Waals surface area contributed by atoms with E-state index in [1.165, 1.54) is 18.2 Å². The van der Waals surface area contributed by atoms with E-state index >= 15 is 0 Å². The molecule has 116 valence electrons. The van der Waals surface area contributed by atoms with Gasteiger partial charge < -0.3 is 5.32 Å². The molecular weight excluding hydrogens is 284 g/mol. The Balaban J connectivity index is 2.07. The van der Waals surface area contributed by atoms with Crippen LogP contribution in [0.1, 0.15) is 34.1 Å². The molecule has 0 aliphatic rings. The minimum absolute atomic E-state index is 0.0108. The molecule has 1 amide bonds. The van der Waals surface area contributed by atoms with Crippen molar-refractivity contribution in [3.63, 3.8) is 0 Å². The Morgan fingerprint density at radius 2 is 2.14 bits per heavy atom. The monoisotopic (exact) mass is 302 g/mol. The Hall–Kier alpha value is -2.70. The Labute approximate surface area is 128 Å². The van der Waals surface area contributed by atoms with Crippen molar-refractivity contribution in [2.75, 3.05) is 0 Å². The number of hydrogen-bond acceptors (Lipinski definition) is 4. The first kappa shape index (κ1) is 15.7. The Bertz CT molecular complexity index is 722. The molecule has 0 fully saturated rings. The van der Waals surface area contributed by atoms with Crippen LogP contribution >= 0.6 is 0 Å². The normalized spacial score (nSPS) is 10.5. The molecule has 0 saturated carbocycles. The Morgan fingerprint density at radius 3 is 2.68 bits per heavy atom. The summed E-state index contributed by atoms with van der Waals surface area (Å²) in [5.74, 6) is -0.262. The number of benzene rings is 1. The van der Waals surface area contributed by atoms with Crippen LogP contribution in [0.4, 0.5) is 5.69 Å². The van der Waals surface area contributed by atoms with Crippen LogP contribution in [-0.2, 0) is 13.1 Å². The molecule has 0 unspecified atom stereocenters. The number of nitrogens with one attached hydrogen (secondary N) is 1. The molecule has 0 atom stereocenters. The van der Waals surface area contributed by atoms with Crippen molar-refractivity contribution in [3.8, 4) is 0 Å². The summed E-state index contributed by atoms with van der Waals surface area (Å²) in [7, 11) is 0. The molecule has 0 bridgehead atoms. The van der Waals surface area contributed by atoms with Crippen LogP contribution in [0.5, 0.6) is 0 Å². The number of carbonyl (C=O) groups excluding carboxylic acids is 1. The zero-order valence-corrected chi connectivity index (χ0v) is 12.8. The smallest absolute Gasteiger partial charge is 0.272 e. The first-order valence-electron chi connectivity index (χ1n) is 6.98. The zero-order valence-electron chi connectivity index (χ0n) is 12.8. The van der Waals surface area contributed by atoms with E-state index < -0.39 is 4.92 Å². The highest BCUT2D eigenvalue weighted by molar-refractivity contribution is 5.94. The summed E-state index contributed by atoms with van der Waals surface area (Å²) in [4.78, 5) is 22.4. The fourth-order valence-electron chi connectivity index (χ4n) is 2.17. The average Bonchev–Trinajstić information content (AvgIpc) is 2.84. The molecule has 1 aromatic carbocycles. The highest BCUT2D eigenvalue weighted by Crippen LogP contribution is 2.18. The van der Waals surface area contributed by atoms with Crippen LogP contribution in [0.2, 0.25) is 0 Å². The van der Waals surface area contributed by atoms with Gasteiger partial charge in [0.15, 0.2) is 0 Å². The van der Waals surface area contributed by atoms with E-state index in [0.29, 0.717) is 17.7 Å². The Kier molecular flexibility index (Phi) is 4.55. The van der Waals surface area contributed by atoms with Gasteiger partial charge in [-0.25, -0.2) is 0 Å². The molecule has 2 aromatic rings. The van der Waals surface area contributed by atoms with E-state index in [2.05, 4.69) is 10.4 Å². The van der Waals surface area contributed by atoms with E-state index in [1.54, 1.807) is 6.92 Å². The van der Waals surface area contributed by atoms with Crippen LogP contribution in [0.15, 0.2) is 24.4 Å². The maximum absolute atomic E-state index is 12.1. The van der Waals surface area contributed by atoms with Crippen LogP contribution in [0.25, 0.3) is 0 Å². The summed E-state index contributed by atoms with van der Waals surface area (Å²) >= 11 is 0. The van der Waals surface area contributed by atoms with Gasteiger partial charge in [0, 0.05) is 42.0 Å². The maximum Gasteiger partial charge on any atom is 0.272 e. The van der Waals surface area contributed by atoms with E-state index in [4.69, 9.17) is 0 Å². The molecule has 1 N–H and O–H groups in total. The third kappa shape index (κ3) is 3.30. The van der Waals surface area contributed by atoms with Gasteiger partial charge >= 0.3 is 0 Å². The topological polar surface area (TPSA) is 90.1 Å². The molecule has 0 saturated heterocycles. The lowest BCUT2D eigenvalue weighted by Crippen LogP contribution is -2.23. The number of hydrogen-bond donors (Lipinski definition) is 1. The molecule has 0 radical (unpaired) electrons. The maximum atomic E-state index is 12.1. The van der Waals surface area contributed by atoms with Crippen molar-refractivity contribution in [3.05, 3.63) is 56.9 Å². The minimum Gasteiger partial charge on any atom is -0.348 e. The van der Waals surface area contributed by atoms with Crippen molar-refractivity contribution in [2.45, 2.75) is 33.9 Å². The average molecular weight is 302 g/mol. The van der Waals surface area contributed by atoms with E-state index in [9.17, 15) is 14.9 Å². The van der Waals surface area contributed by atoms with Crippen molar-refractivity contribution in [1.82, 2.24) is 15.1 Å². The quantitative estimate of drug-likeness (QED) is 0.678. The number of carbonyl (C=O) groups is 1. The predicted octanol–water partition coefficient (Wildman–Crippen LogP) is 2.36.